The van der Waals surface area contributed by atoms with Gasteiger partial charge in [-0.2, -0.15) is 13.2 Å². The summed E-state index contributed by atoms with van der Waals surface area (Å²) in [6.07, 6.45) is -1.25. The Balaban J connectivity index is 2.21. The number of nitrogens with one attached hydrogen (secondary N) is 1. The van der Waals surface area contributed by atoms with Crippen LogP contribution in [0.1, 0.15) is 11.1 Å². The van der Waals surface area contributed by atoms with E-state index in [1.54, 1.807) is 13.1 Å². The van der Waals surface area contributed by atoms with Gasteiger partial charge in [0, 0.05) is 24.0 Å². The molecule has 2 aromatic rings. The lowest BCUT2D eigenvalue weighted by atomic mass is 10.1. The summed E-state index contributed by atoms with van der Waals surface area (Å²) in [5.41, 5.74) is 7.59. The van der Waals surface area contributed by atoms with E-state index in [4.69, 9.17) is 5.73 Å². The van der Waals surface area contributed by atoms with E-state index in [0.717, 1.165) is 23.4 Å². The van der Waals surface area contributed by atoms with Crippen molar-refractivity contribution in [2.24, 2.45) is 10.7 Å². The predicted molar refractivity (Wildman–Crippen MR) is 87.0 cm³/mol. The minimum Gasteiger partial charge on any atom is -0.405 e. The third-order valence-corrected chi connectivity index (χ3v) is 3.15. The van der Waals surface area contributed by atoms with Crippen LogP contribution >= 0.6 is 0 Å². The summed E-state index contributed by atoms with van der Waals surface area (Å²) in [7, 11) is 1.66. The van der Waals surface area contributed by atoms with E-state index in [9.17, 15) is 13.2 Å². The van der Waals surface area contributed by atoms with Crippen LogP contribution in [0.2, 0.25) is 0 Å². The molecule has 0 aliphatic carbocycles. The molecule has 6 heteroatoms. The molecule has 0 bridgehead atoms. The zero-order chi connectivity index (χ0) is 16.9. The summed E-state index contributed by atoms with van der Waals surface area (Å²) in [5, 5.41) is 3.07. The maximum atomic E-state index is 12.5. The minimum absolute atomic E-state index is 0.569. The number of rotatable bonds is 4. The molecule has 3 nitrogen and oxygen atoms in total. The number of halogens is 3. The van der Waals surface area contributed by atoms with Crippen molar-refractivity contribution in [1.29, 1.82) is 0 Å². The zero-order valence-electron chi connectivity index (χ0n) is 12.4. The van der Waals surface area contributed by atoms with E-state index >= 15 is 0 Å². The fraction of sp³-hybridized carbons (Fsp3) is 0.118. The summed E-state index contributed by atoms with van der Waals surface area (Å²) in [6, 6.07) is 12.2. The number of benzene rings is 2. The average molecular weight is 319 g/mol. The second-order valence-electron chi connectivity index (χ2n) is 4.75. The van der Waals surface area contributed by atoms with Crippen LogP contribution in [0.15, 0.2) is 65.8 Å². The molecule has 0 heterocycles. The second kappa shape index (κ2) is 7.00. The van der Waals surface area contributed by atoms with Crippen molar-refractivity contribution in [3.8, 4) is 0 Å². The number of aliphatic imine (C=N–C) groups is 1. The molecule has 3 N–H and O–H groups in total. The normalized spacial score (nSPS) is 12.6. The van der Waals surface area contributed by atoms with Crippen molar-refractivity contribution >= 4 is 17.1 Å². The van der Waals surface area contributed by atoms with Gasteiger partial charge < -0.3 is 11.1 Å². The van der Waals surface area contributed by atoms with Crippen LogP contribution in [-0.2, 0) is 6.18 Å². The lowest BCUT2D eigenvalue weighted by Gasteiger charge is -2.10. The second-order valence-corrected chi connectivity index (χ2v) is 4.75. The molecule has 2 rings (SSSR count). The Bertz CT molecular complexity index is 717. The highest BCUT2D eigenvalue weighted by atomic mass is 19.4. The first-order valence-corrected chi connectivity index (χ1v) is 6.84. The Hall–Kier alpha value is -2.76. The van der Waals surface area contributed by atoms with Gasteiger partial charge in [0.25, 0.3) is 0 Å². The highest BCUT2D eigenvalue weighted by Crippen LogP contribution is 2.30. The van der Waals surface area contributed by atoms with Crippen LogP contribution in [0, 0.1) is 0 Å². The molecule has 0 radical (unpaired) electrons. The Morgan fingerprint density at radius 1 is 1.09 bits per heavy atom. The standard InChI is InChI=1S/C17H16F3N3/c1-22-16(9-10-21)12-3-2-4-15(11-12)23-14-7-5-13(6-8-14)17(18,19)20/h2-11,23H,21H2,1H3. The smallest absolute Gasteiger partial charge is 0.405 e. The van der Waals surface area contributed by atoms with E-state index in [0.29, 0.717) is 11.4 Å². The highest BCUT2D eigenvalue weighted by Gasteiger charge is 2.29. The zero-order valence-corrected chi connectivity index (χ0v) is 12.4. The lowest BCUT2D eigenvalue weighted by Crippen LogP contribution is -2.04. The van der Waals surface area contributed by atoms with Gasteiger partial charge in [0.05, 0.1) is 11.3 Å². The fourth-order valence-corrected chi connectivity index (χ4v) is 2.06. The molecule has 2 aromatic carbocycles. The van der Waals surface area contributed by atoms with Gasteiger partial charge in [0.15, 0.2) is 0 Å². The van der Waals surface area contributed by atoms with E-state index < -0.39 is 11.7 Å². The molecular formula is C17H16F3N3. The van der Waals surface area contributed by atoms with Crippen LogP contribution < -0.4 is 11.1 Å². The Morgan fingerprint density at radius 2 is 1.78 bits per heavy atom. The number of nitrogens with two attached hydrogens (primary N) is 1. The molecular weight excluding hydrogens is 303 g/mol. The van der Waals surface area contributed by atoms with Crippen LogP contribution in [0.4, 0.5) is 24.5 Å². The predicted octanol–water partition coefficient (Wildman–Crippen LogP) is 4.34. The highest BCUT2D eigenvalue weighted by molar-refractivity contribution is 6.09. The summed E-state index contributed by atoms with van der Waals surface area (Å²) in [6.45, 7) is 0. The van der Waals surface area contributed by atoms with Crippen molar-refractivity contribution in [3.05, 3.63) is 71.9 Å². The molecule has 120 valence electrons. The number of nitrogens with zero attached hydrogens (tertiary/aromatic N) is 1. The number of alkyl halides is 3. The van der Waals surface area contributed by atoms with Crippen LogP contribution in [0.3, 0.4) is 0 Å². The number of allylic oxidation sites excluding steroid dienone is 1. The van der Waals surface area contributed by atoms with Crippen molar-refractivity contribution < 1.29 is 13.2 Å². The van der Waals surface area contributed by atoms with E-state index in [1.807, 2.05) is 24.3 Å². The van der Waals surface area contributed by atoms with Gasteiger partial charge in [-0.05, 0) is 48.7 Å². The first kappa shape index (κ1) is 16.6. The first-order valence-electron chi connectivity index (χ1n) is 6.84. The van der Waals surface area contributed by atoms with Crippen LogP contribution in [0.25, 0.3) is 0 Å². The first-order chi connectivity index (χ1) is 10.9. The number of anilines is 2. The molecule has 23 heavy (non-hydrogen) atoms. The van der Waals surface area contributed by atoms with Crippen LogP contribution in [-0.4, -0.2) is 12.8 Å². The SMILES string of the molecule is CN=C(C=CN)c1cccc(Nc2ccc(C(F)(F)F)cc2)c1. The largest absolute Gasteiger partial charge is 0.416 e. The van der Waals surface area contributed by atoms with Gasteiger partial charge in [0.2, 0.25) is 0 Å². The van der Waals surface area contributed by atoms with E-state index in [1.165, 1.54) is 18.3 Å². The number of hydrogen-bond acceptors (Lipinski definition) is 3. The molecule has 0 aliphatic heterocycles. The van der Waals surface area contributed by atoms with Gasteiger partial charge in [-0.1, -0.05) is 12.1 Å². The van der Waals surface area contributed by atoms with Crippen molar-refractivity contribution in [1.82, 2.24) is 0 Å². The van der Waals surface area contributed by atoms with Crippen molar-refractivity contribution in [3.63, 3.8) is 0 Å². The maximum Gasteiger partial charge on any atom is 0.416 e. The lowest BCUT2D eigenvalue weighted by molar-refractivity contribution is -0.137. The molecule has 0 aromatic heterocycles. The van der Waals surface area contributed by atoms with E-state index in [-0.39, 0.29) is 0 Å². The Labute approximate surface area is 132 Å². The van der Waals surface area contributed by atoms with Gasteiger partial charge in [-0.15, -0.1) is 0 Å². The Kier molecular flexibility index (Phi) is 5.05. The van der Waals surface area contributed by atoms with E-state index in [2.05, 4.69) is 10.3 Å². The monoisotopic (exact) mass is 319 g/mol. The molecule has 0 unspecified atom stereocenters. The summed E-state index contributed by atoms with van der Waals surface area (Å²) in [5.74, 6) is 0. The molecule has 0 amide bonds. The van der Waals surface area contributed by atoms with Crippen molar-refractivity contribution in [2.45, 2.75) is 6.18 Å². The summed E-state index contributed by atoms with van der Waals surface area (Å²) in [4.78, 5) is 4.13. The van der Waals surface area contributed by atoms with Gasteiger partial charge in [-0.25, -0.2) is 0 Å². The molecule has 0 atom stereocenters. The van der Waals surface area contributed by atoms with Gasteiger partial charge in [-0.3, -0.25) is 4.99 Å². The molecule has 0 saturated carbocycles. The summed E-state index contributed by atoms with van der Waals surface area (Å²) >= 11 is 0. The molecule has 0 saturated heterocycles. The average Bonchev–Trinajstić information content (AvgIpc) is 2.52. The Morgan fingerprint density at radius 3 is 2.35 bits per heavy atom. The van der Waals surface area contributed by atoms with Gasteiger partial charge in [0.1, 0.15) is 0 Å². The van der Waals surface area contributed by atoms with Crippen LogP contribution in [0.5, 0.6) is 0 Å². The quantitative estimate of drug-likeness (QED) is 0.824. The molecule has 0 aliphatic rings. The van der Waals surface area contributed by atoms with Gasteiger partial charge >= 0.3 is 6.18 Å². The number of hydrogen-bond donors (Lipinski definition) is 2. The molecule has 0 spiro atoms. The maximum absolute atomic E-state index is 12.5. The topological polar surface area (TPSA) is 50.4 Å². The third kappa shape index (κ3) is 4.35. The third-order valence-electron chi connectivity index (χ3n) is 3.15. The fourth-order valence-electron chi connectivity index (χ4n) is 2.06. The van der Waals surface area contributed by atoms with Crippen molar-refractivity contribution in [2.75, 3.05) is 12.4 Å². The summed E-state index contributed by atoms with van der Waals surface area (Å²) < 4.78 is 37.6. The molecule has 0 fully saturated rings. The minimum atomic E-state index is -4.33.